The van der Waals surface area contributed by atoms with Gasteiger partial charge >= 0.3 is 0 Å². The second-order valence-electron chi connectivity index (χ2n) is 3.92. The summed E-state index contributed by atoms with van der Waals surface area (Å²) in [4.78, 5) is 4.61. The minimum Gasteiger partial charge on any atom is -0.327 e. The number of aromatic nitrogens is 1. The van der Waals surface area contributed by atoms with E-state index in [-0.39, 0.29) is 6.04 Å². The molecule has 0 spiro atoms. The molecule has 0 radical (unpaired) electrons. The van der Waals surface area contributed by atoms with Gasteiger partial charge in [-0.1, -0.05) is 20.3 Å². The highest BCUT2D eigenvalue weighted by atomic mass is 32.1. The van der Waals surface area contributed by atoms with Gasteiger partial charge in [-0.2, -0.15) is 0 Å². The zero-order chi connectivity index (χ0) is 10.6. The van der Waals surface area contributed by atoms with Crippen molar-refractivity contribution < 1.29 is 0 Å². The van der Waals surface area contributed by atoms with Crippen LogP contribution in [0, 0.1) is 0 Å². The van der Waals surface area contributed by atoms with E-state index in [9.17, 15) is 0 Å². The van der Waals surface area contributed by atoms with Crippen LogP contribution in [0.15, 0.2) is 5.38 Å². The predicted octanol–water partition coefficient (Wildman–Crippen LogP) is 2.94. The van der Waals surface area contributed by atoms with Gasteiger partial charge in [0.15, 0.2) is 0 Å². The monoisotopic (exact) mass is 212 g/mol. The van der Waals surface area contributed by atoms with Crippen molar-refractivity contribution in [3.05, 3.63) is 16.1 Å². The second-order valence-corrected chi connectivity index (χ2v) is 4.86. The summed E-state index contributed by atoms with van der Waals surface area (Å²) in [7, 11) is 0. The molecule has 0 bridgehead atoms. The summed E-state index contributed by atoms with van der Waals surface area (Å²) in [6, 6.07) is 0.191. The van der Waals surface area contributed by atoms with E-state index >= 15 is 0 Å². The van der Waals surface area contributed by atoms with Gasteiger partial charge in [-0.25, -0.2) is 4.98 Å². The van der Waals surface area contributed by atoms with Crippen molar-refractivity contribution in [2.45, 2.75) is 52.0 Å². The van der Waals surface area contributed by atoms with Crippen LogP contribution in [0.2, 0.25) is 0 Å². The van der Waals surface area contributed by atoms with Gasteiger partial charge in [0.05, 0.1) is 10.7 Å². The number of nitrogens with two attached hydrogens (primary N) is 1. The highest BCUT2D eigenvalue weighted by Crippen LogP contribution is 2.21. The minimum absolute atomic E-state index is 0.191. The van der Waals surface area contributed by atoms with Gasteiger partial charge < -0.3 is 5.73 Å². The summed E-state index contributed by atoms with van der Waals surface area (Å²) in [5.41, 5.74) is 7.01. The van der Waals surface area contributed by atoms with Gasteiger partial charge in [0.25, 0.3) is 0 Å². The first-order valence-corrected chi connectivity index (χ1v) is 6.23. The molecule has 1 heterocycles. The van der Waals surface area contributed by atoms with Crippen LogP contribution in [0.3, 0.4) is 0 Å². The van der Waals surface area contributed by atoms with E-state index in [2.05, 4.69) is 24.2 Å². The molecule has 2 unspecified atom stereocenters. The largest absolute Gasteiger partial charge is 0.327 e. The number of rotatable bonds is 5. The average Bonchev–Trinajstić information content (AvgIpc) is 2.61. The van der Waals surface area contributed by atoms with Gasteiger partial charge in [-0.15, -0.1) is 11.3 Å². The smallest absolute Gasteiger partial charge is 0.0928 e. The average molecular weight is 212 g/mol. The van der Waals surface area contributed by atoms with Gasteiger partial charge in [0, 0.05) is 17.3 Å². The van der Waals surface area contributed by atoms with Crippen molar-refractivity contribution in [2.24, 2.45) is 5.73 Å². The van der Waals surface area contributed by atoms with Crippen LogP contribution in [0.25, 0.3) is 0 Å². The van der Waals surface area contributed by atoms with Gasteiger partial charge in [0.2, 0.25) is 0 Å². The summed E-state index contributed by atoms with van der Waals surface area (Å²) in [5.74, 6) is 0.377. The Morgan fingerprint density at radius 1 is 1.50 bits per heavy atom. The Balaban J connectivity index is 2.58. The Kier molecular flexibility index (Phi) is 4.55. The standard InChI is InChI=1S/C11H20N2S/c1-4-5-6-11-13-10(7-14-11)8(2)9(3)12/h7-9H,4-6,12H2,1-3H3. The summed E-state index contributed by atoms with van der Waals surface area (Å²) >= 11 is 1.77. The van der Waals surface area contributed by atoms with Crippen molar-refractivity contribution in [2.75, 3.05) is 0 Å². The molecule has 3 heteroatoms. The summed E-state index contributed by atoms with van der Waals surface area (Å²) < 4.78 is 0. The van der Waals surface area contributed by atoms with E-state index < -0.39 is 0 Å². The molecule has 0 aromatic carbocycles. The molecule has 0 amide bonds. The lowest BCUT2D eigenvalue weighted by molar-refractivity contribution is 0.599. The van der Waals surface area contributed by atoms with Crippen molar-refractivity contribution in [3.8, 4) is 0 Å². The normalized spacial score (nSPS) is 15.4. The lowest BCUT2D eigenvalue weighted by Gasteiger charge is -2.11. The second kappa shape index (κ2) is 5.47. The number of nitrogens with zero attached hydrogens (tertiary/aromatic N) is 1. The minimum atomic E-state index is 0.191. The zero-order valence-electron chi connectivity index (χ0n) is 9.29. The topological polar surface area (TPSA) is 38.9 Å². The molecule has 0 saturated carbocycles. The molecule has 0 saturated heterocycles. The first-order chi connectivity index (χ1) is 6.65. The maximum absolute atomic E-state index is 5.84. The third-order valence-corrected chi connectivity index (χ3v) is 3.50. The number of hydrogen-bond donors (Lipinski definition) is 1. The molecule has 2 atom stereocenters. The van der Waals surface area contributed by atoms with Crippen molar-refractivity contribution in [3.63, 3.8) is 0 Å². The maximum atomic E-state index is 5.84. The van der Waals surface area contributed by atoms with Crippen LogP contribution in [-0.4, -0.2) is 11.0 Å². The van der Waals surface area contributed by atoms with Crippen LogP contribution >= 0.6 is 11.3 Å². The molecule has 1 aromatic heterocycles. The maximum Gasteiger partial charge on any atom is 0.0928 e. The Morgan fingerprint density at radius 2 is 2.21 bits per heavy atom. The fourth-order valence-corrected chi connectivity index (χ4v) is 2.19. The molecule has 2 N–H and O–H groups in total. The quantitative estimate of drug-likeness (QED) is 0.815. The van der Waals surface area contributed by atoms with E-state index in [1.165, 1.54) is 17.8 Å². The van der Waals surface area contributed by atoms with Crippen molar-refractivity contribution >= 4 is 11.3 Å². The Bertz CT molecular complexity index is 268. The third-order valence-electron chi connectivity index (χ3n) is 2.57. The Hall–Kier alpha value is -0.410. The van der Waals surface area contributed by atoms with E-state index in [0.29, 0.717) is 5.92 Å². The number of thiazole rings is 1. The molecule has 14 heavy (non-hydrogen) atoms. The summed E-state index contributed by atoms with van der Waals surface area (Å²) in [6.07, 6.45) is 3.59. The molecule has 0 aliphatic rings. The molecular weight excluding hydrogens is 192 g/mol. The zero-order valence-corrected chi connectivity index (χ0v) is 10.1. The first-order valence-electron chi connectivity index (χ1n) is 5.35. The molecule has 1 rings (SSSR count). The molecule has 0 aliphatic heterocycles. The number of unbranched alkanes of at least 4 members (excludes halogenated alkanes) is 1. The highest BCUT2D eigenvalue weighted by Gasteiger charge is 2.13. The predicted molar refractivity (Wildman–Crippen MR) is 62.8 cm³/mol. The molecule has 1 aromatic rings. The van der Waals surface area contributed by atoms with E-state index in [0.717, 1.165) is 12.1 Å². The van der Waals surface area contributed by atoms with Crippen LogP contribution in [-0.2, 0) is 6.42 Å². The Morgan fingerprint density at radius 3 is 2.79 bits per heavy atom. The first kappa shape index (κ1) is 11.7. The molecule has 2 nitrogen and oxygen atoms in total. The van der Waals surface area contributed by atoms with Gasteiger partial charge in [-0.05, 0) is 19.8 Å². The molecular formula is C11H20N2S. The molecule has 80 valence electrons. The van der Waals surface area contributed by atoms with Gasteiger partial charge in [-0.3, -0.25) is 0 Å². The number of hydrogen-bond acceptors (Lipinski definition) is 3. The van der Waals surface area contributed by atoms with E-state index in [1.54, 1.807) is 11.3 Å². The van der Waals surface area contributed by atoms with E-state index in [1.807, 2.05) is 6.92 Å². The van der Waals surface area contributed by atoms with Crippen molar-refractivity contribution in [1.82, 2.24) is 4.98 Å². The van der Waals surface area contributed by atoms with Crippen LogP contribution in [0.1, 0.15) is 50.2 Å². The Labute approximate surface area is 90.6 Å². The lowest BCUT2D eigenvalue weighted by atomic mass is 10.0. The summed E-state index contributed by atoms with van der Waals surface area (Å²) in [5, 5.41) is 3.41. The van der Waals surface area contributed by atoms with Crippen LogP contribution in [0.4, 0.5) is 0 Å². The van der Waals surface area contributed by atoms with E-state index in [4.69, 9.17) is 5.73 Å². The van der Waals surface area contributed by atoms with Gasteiger partial charge in [0.1, 0.15) is 0 Å². The molecule has 0 fully saturated rings. The highest BCUT2D eigenvalue weighted by molar-refractivity contribution is 7.09. The van der Waals surface area contributed by atoms with Crippen LogP contribution in [0.5, 0.6) is 0 Å². The van der Waals surface area contributed by atoms with Crippen molar-refractivity contribution in [1.29, 1.82) is 0 Å². The number of aryl methyl sites for hydroxylation is 1. The SMILES string of the molecule is CCCCc1nc(C(C)C(C)N)cs1. The fraction of sp³-hybridized carbons (Fsp3) is 0.727. The van der Waals surface area contributed by atoms with Crippen LogP contribution < -0.4 is 5.73 Å². The lowest BCUT2D eigenvalue weighted by Crippen LogP contribution is -2.22. The fourth-order valence-electron chi connectivity index (χ4n) is 1.25. The third kappa shape index (κ3) is 3.07. The summed E-state index contributed by atoms with van der Waals surface area (Å²) in [6.45, 7) is 6.39. The molecule has 0 aliphatic carbocycles.